The topological polar surface area (TPSA) is 70.6 Å². The zero-order valence-corrected chi connectivity index (χ0v) is 15.0. The van der Waals surface area contributed by atoms with Gasteiger partial charge in [-0.2, -0.15) is 5.10 Å². The monoisotopic (exact) mass is 375 g/mol. The predicted octanol–water partition coefficient (Wildman–Crippen LogP) is 3.77. The molecule has 2 amide bonds. The van der Waals surface area contributed by atoms with Crippen LogP contribution in [-0.2, 0) is 0 Å². The SMILES string of the molecule is CCCCNC(=O)c1ccc(Cl)cc1C(=O)N/N=C/c1ccccc1F. The summed E-state index contributed by atoms with van der Waals surface area (Å²) in [4.78, 5) is 24.6. The molecule has 0 radical (unpaired) electrons. The fraction of sp³-hybridized carbons (Fsp3) is 0.211. The number of carbonyl (C=O) groups excluding carboxylic acids is 2. The molecular weight excluding hydrogens is 357 g/mol. The number of halogens is 2. The second kappa shape index (κ2) is 9.68. The summed E-state index contributed by atoms with van der Waals surface area (Å²) in [5, 5.41) is 6.82. The predicted molar refractivity (Wildman–Crippen MR) is 100 cm³/mol. The van der Waals surface area contributed by atoms with Crippen molar-refractivity contribution in [2.75, 3.05) is 6.54 Å². The van der Waals surface area contributed by atoms with Crippen LogP contribution in [-0.4, -0.2) is 24.6 Å². The van der Waals surface area contributed by atoms with Gasteiger partial charge in [-0.25, -0.2) is 9.82 Å². The Labute approximate surface area is 156 Å². The Morgan fingerprint density at radius 1 is 1.15 bits per heavy atom. The maximum atomic E-state index is 13.5. The quantitative estimate of drug-likeness (QED) is 0.439. The first-order chi connectivity index (χ1) is 12.5. The number of carbonyl (C=O) groups is 2. The molecule has 26 heavy (non-hydrogen) atoms. The molecule has 0 aliphatic carbocycles. The van der Waals surface area contributed by atoms with Crippen molar-refractivity contribution in [1.29, 1.82) is 0 Å². The lowest BCUT2D eigenvalue weighted by Gasteiger charge is -2.09. The number of amides is 2. The summed E-state index contributed by atoms with van der Waals surface area (Å²) < 4.78 is 13.5. The lowest BCUT2D eigenvalue weighted by Crippen LogP contribution is -2.28. The third-order valence-electron chi connectivity index (χ3n) is 3.56. The zero-order valence-electron chi connectivity index (χ0n) is 14.3. The molecule has 5 nitrogen and oxygen atoms in total. The van der Waals surface area contributed by atoms with Gasteiger partial charge in [-0.1, -0.05) is 43.1 Å². The molecule has 0 heterocycles. The van der Waals surface area contributed by atoms with Crippen LogP contribution >= 0.6 is 11.6 Å². The molecule has 0 aliphatic heterocycles. The summed E-state index contributed by atoms with van der Waals surface area (Å²) in [5.41, 5.74) is 2.82. The van der Waals surface area contributed by atoms with E-state index in [9.17, 15) is 14.0 Å². The fourth-order valence-corrected chi connectivity index (χ4v) is 2.35. The second-order valence-electron chi connectivity index (χ2n) is 5.52. The van der Waals surface area contributed by atoms with Crippen LogP contribution in [0.15, 0.2) is 47.6 Å². The van der Waals surface area contributed by atoms with E-state index in [2.05, 4.69) is 15.8 Å². The number of hydrogen-bond donors (Lipinski definition) is 2. The first kappa shape index (κ1) is 19.6. The van der Waals surface area contributed by atoms with E-state index in [1.165, 1.54) is 36.5 Å². The van der Waals surface area contributed by atoms with Gasteiger partial charge in [-0.3, -0.25) is 9.59 Å². The normalized spacial score (nSPS) is 10.7. The van der Waals surface area contributed by atoms with Gasteiger partial charge in [-0.15, -0.1) is 0 Å². The summed E-state index contributed by atoms with van der Waals surface area (Å²) in [5.74, 6) is -1.43. The van der Waals surface area contributed by atoms with Crippen LogP contribution in [0.5, 0.6) is 0 Å². The molecule has 0 aliphatic rings. The molecular formula is C19H19ClFN3O2. The molecule has 2 N–H and O–H groups in total. The van der Waals surface area contributed by atoms with Gasteiger partial charge in [0.2, 0.25) is 0 Å². The smallest absolute Gasteiger partial charge is 0.272 e. The van der Waals surface area contributed by atoms with E-state index in [4.69, 9.17) is 11.6 Å². The van der Waals surface area contributed by atoms with E-state index in [1.807, 2.05) is 6.92 Å². The summed E-state index contributed by atoms with van der Waals surface area (Å²) in [6.07, 6.45) is 2.98. The summed E-state index contributed by atoms with van der Waals surface area (Å²) in [7, 11) is 0. The van der Waals surface area contributed by atoms with Crippen LogP contribution in [0, 0.1) is 5.82 Å². The highest BCUT2D eigenvalue weighted by Gasteiger charge is 2.17. The van der Waals surface area contributed by atoms with Gasteiger partial charge in [0.25, 0.3) is 11.8 Å². The van der Waals surface area contributed by atoms with E-state index in [1.54, 1.807) is 12.1 Å². The Morgan fingerprint density at radius 3 is 2.65 bits per heavy atom. The Bertz CT molecular complexity index is 824. The van der Waals surface area contributed by atoms with Gasteiger partial charge in [0.1, 0.15) is 5.82 Å². The van der Waals surface area contributed by atoms with E-state index >= 15 is 0 Å². The van der Waals surface area contributed by atoms with Crippen molar-refractivity contribution in [3.63, 3.8) is 0 Å². The Morgan fingerprint density at radius 2 is 1.92 bits per heavy atom. The first-order valence-corrected chi connectivity index (χ1v) is 8.56. The minimum atomic E-state index is -0.610. The number of nitrogens with one attached hydrogen (secondary N) is 2. The van der Waals surface area contributed by atoms with Crippen LogP contribution in [0.2, 0.25) is 5.02 Å². The number of hydrazone groups is 1. The van der Waals surface area contributed by atoms with Crippen molar-refractivity contribution in [1.82, 2.24) is 10.7 Å². The van der Waals surface area contributed by atoms with E-state index in [0.29, 0.717) is 11.6 Å². The molecule has 0 atom stereocenters. The van der Waals surface area contributed by atoms with Crippen LogP contribution in [0.3, 0.4) is 0 Å². The second-order valence-corrected chi connectivity index (χ2v) is 5.96. The molecule has 2 rings (SSSR count). The van der Waals surface area contributed by atoms with Gasteiger partial charge in [0.15, 0.2) is 0 Å². The van der Waals surface area contributed by atoms with Crippen molar-refractivity contribution >= 4 is 29.6 Å². The maximum absolute atomic E-state index is 13.5. The molecule has 0 bridgehead atoms. The molecule has 0 spiro atoms. The van der Waals surface area contributed by atoms with Crippen LogP contribution in [0.1, 0.15) is 46.0 Å². The van der Waals surface area contributed by atoms with E-state index in [-0.39, 0.29) is 22.6 Å². The number of hydrogen-bond acceptors (Lipinski definition) is 3. The molecule has 136 valence electrons. The molecule has 2 aromatic carbocycles. The highest BCUT2D eigenvalue weighted by atomic mass is 35.5. The summed E-state index contributed by atoms with van der Waals surface area (Å²) in [6, 6.07) is 10.4. The van der Waals surface area contributed by atoms with Crippen LogP contribution < -0.4 is 10.7 Å². The minimum Gasteiger partial charge on any atom is -0.352 e. The van der Waals surface area contributed by atoms with E-state index in [0.717, 1.165) is 12.8 Å². The Hall–Kier alpha value is -2.73. The Kier molecular flexibility index (Phi) is 7.29. The van der Waals surface area contributed by atoms with Crippen molar-refractivity contribution in [2.45, 2.75) is 19.8 Å². The average molecular weight is 376 g/mol. The lowest BCUT2D eigenvalue weighted by molar-refractivity contribution is 0.0920. The number of nitrogens with zero attached hydrogens (tertiary/aromatic N) is 1. The highest BCUT2D eigenvalue weighted by Crippen LogP contribution is 2.16. The molecule has 0 saturated heterocycles. The Balaban J connectivity index is 2.13. The largest absolute Gasteiger partial charge is 0.352 e. The number of benzene rings is 2. The number of rotatable bonds is 7. The van der Waals surface area contributed by atoms with Crippen LogP contribution in [0.4, 0.5) is 4.39 Å². The van der Waals surface area contributed by atoms with E-state index < -0.39 is 11.7 Å². The molecule has 2 aromatic rings. The van der Waals surface area contributed by atoms with Gasteiger partial charge in [0, 0.05) is 17.1 Å². The van der Waals surface area contributed by atoms with Crippen molar-refractivity contribution in [3.8, 4) is 0 Å². The first-order valence-electron chi connectivity index (χ1n) is 8.18. The fourth-order valence-electron chi connectivity index (χ4n) is 2.18. The molecule has 7 heteroatoms. The standard InChI is InChI=1S/C19H19ClFN3O2/c1-2-3-10-22-18(25)15-9-8-14(20)11-16(15)19(26)24-23-12-13-6-4-5-7-17(13)21/h4-9,11-12H,2-3,10H2,1H3,(H,22,25)(H,24,26)/b23-12+. The molecule has 0 fully saturated rings. The van der Waals surface area contributed by atoms with Crippen molar-refractivity contribution in [3.05, 3.63) is 70.0 Å². The highest BCUT2D eigenvalue weighted by molar-refractivity contribution is 6.31. The summed E-state index contributed by atoms with van der Waals surface area (Å²) >= 11 is 5.94. The number of unbranched alkanes of at least 4 members (excludes halogenated alkanes) is 1. The van der Waals surface area contributed by atoms with Gasteiger partial charge in [0.05, 0.1) is 17.3 Å². The molecule has 0 saturated carbocycles. The van der Waals surface area contributed by atoms with Gasteiger partial charge < -0.3 is 5.32 Å². The summed E-state index contributed by atoms with van der Waals surface area (Å²) in [6.45, 7) is 2.53. The maximum Gasteiger partial charge on any atom is 0.272 e. The molecule has 0 unspecified atom stereocenters. The zero-order chi connectivity index (χ0) is 18.9. The van der Waals surface area contributed by atoms with Crippen molar-refractivity contribution < 1.29 is 14.0 Å². The minimum absolute atomic E-state index is 0.0946. The average Bonchev–Trinajstić information content (AvgIpc) is 2.63. The molecule has 0 aromatic heterocycles. The van der Waals surface area contributed by atoms with Crippen molar-refractivity contribution in [2.24, 2.45) is 5.10 Å². The van der Waals surface area contributed by atoms with Crippen LogP contribution in [0.25, 0.3) is 0 Å². The third-order valence-corrected chi connectivity index (χ3v) is 3.80. The lowest BCUT2D eigenvalue weighted by atomic mass is 10.1. The van der Waals surface area contributed by atoms with Gasteiger partial charge >= 0.3 is 0 Å². The third kappa shape index (κ3) is 5.39. The van der Waals surface area contributed by atoms with Gasteiger partial charge in [-0.05, 0) is 30.7 Å².